The summed E-state index contributed by atoms with van der Waals surface area (Å²) in [6.45, 7) is 13.2. The molecule has 3 heteroatoms. The van der Waals surface area contributed by atoms with E-state index >= 15 is 0 Å². The van der Waals surface area contributed by atoms with Gasteiger partial charge >= 0.3 is 0 Å². The zero-order valence-electron chi connectivity index (χ0n) is 13.0. The molecule has 0 rings (SSSR count). The van der Waals surface area contributed by atoms with E-state index in [1.807, 2.05) is 27.7 Å². The van der Waals surface area contributed by atoms with Crippen LogP contribution in [0.5, 0.6) is 0 Å². The maximum atomic E-state index is 12.0. The number of hydrogen-bond acceptors (Lipinski definition) is 2. The summed E-state index contributed by atoms with van der Waals surface area (Å²) in [5.74, 6) is 0.664. The molecule has 0 aromatic carbocycles. The fourth-order valence-corrected chi connectivity index (χ4v) is 2.20. The summed E-state index contributed by atoms with van der Waals surface area (Å²) >= 11 is 0. The Balaban J connectivity index is 3.97. The van der Waals surface area contributed by atoms with Gasteiger partial charge in [-0.3, -0.25) is 4.79 Å². The third-order valence-electron chi connectivity index (χ3n) is 3.28. The highest BCUT2D eigenvalue weighted by Crippen LogP contribution is 2.25. The van der Waals surface area contributed by atoms with Crippen molar-refractivity contribution in [3.8, 4) is 0 Å². The lowest BCUT2D eigenvalue weighted by molar-refractivity contribution is -0.130. The van der Waals surface area contributed by atoms with Crippen LogP contribution in [0.25, 0.3) is 0 Å². The topological polar surface area (TPSA) is 49.3 Å². The van der Waals surface area contributed by atoms with Gasteiger partial charge in [-0.05, 0) is 30.6 Å². The van der Waals surface area contributed by atoms with Crippen molar-refractivity contribution in [1.82, 2.24) is 5.32 Å². The van der Waals surface area contributed by atoms with E-state index in [-0.39, 0.29) is 23.3 Å². The van der Waals surface area contributed by atoms with Gasteiger partial charge in [0.15, 0.2) is 0 Å². The Hall–Kier alpha value is -0.570. The van der Waals surface area contributed by atoms with Gasteiger partial charge in [0.05, 0.1) is 0 Å². The molecule has 0 spiro atoms. The first-order valence-corrected chi connectivity index (χ1v) is 7.00. The number of carbonyl (C=O) groups excluding carboxylic acids is 1. The Morgan fingerprint density at radius 2 is 1.78 bits per heavy atom. The first-order valence-electron chi connectivity index (χ1n) is 7.00. The van der Waals surface area contributed by atoms with Gasteiger partial charge in [-0.2, -0.15) is 0 Å². The normalized spacial score (nSPS) is 12.9. The lowest BCUT2D eigenvalue weighted by atomic mass is 9.83. The molecule has 108 valence electrons. The standard InChI is InChI=1S/C15H31NO2/c1-12(2)10-15(5,6)13(18)16-9-7-8-14(3,4)11-17/h12,17H,7-11H2,1-6H3,(H,16,18). The zero-order valence-corrected chi connectivity index (χ0v) is 13.0. The van der Waals surface area contributed by atoms with Gasteiger partial charge in [-0.15, -0.1) is 0 Å². The van der Waals surface area contributed by atoms with Crippen LogP contribution in [0.4, 0.5) is 0 Å². The summed E-state index contributed by atoms with van der Waals surface area (Å²) in [5.41, 5.74) is -0.334. The van der Waals surface area contributed by atoms with Gasteiger partial charge in [0.1, 0.15) is 0 Å². The molecule has 0 fully saturated rings. The van der Waals surface area contributed by atoms with E-state index in [1.54, 1.807) is 0 Å². The summed E-state index contributed by atoms with van der Waals surface area (Å²) < 4.78 is 0. The summed E-state index contributed by atoms with van der Waals surface area (Å²) in [4.78, 5) is 12.0. The average Bonchev–Trinajstić information content (AvgIpc) is 2.22. The maximum absolute atomic E-state index is 12.0. The van der Waals surface area contributed by atoms with Gasteiger partial charge in [0.2, 0.25) is 5.91 Å². The molecular weight excluding hydrogens is 226 g/mol. The smallest absolute Gasteiger partial charge is 0.225 e. The van der Waals surface area contributed by atoms with Gasteiger partial charge in [-0.1, -0.05) is 41.5 Å². The third kappa shape index (κ3) is 7.00. The molecule has 0 saturated carbocycles. The Morgan fingerprint density at radius 1 is 1.22 bits per heavy atom. The number of carbonyl (C=O) groups is 1. The molecule has 0 radical (unpaired) electrons. The zero-order chi connectivity index (χ0) is 14.4. The van der Waals surface area contributed by atoms with Crippen LogP contribution in [-0.2, 0) is 4.79 Å². The van der Waals surface area contributed by atoms with Crippen molar-refractivity contribution in [3.63, 3.8) is 0 Å². The summed E-state index contributed by atoms with van der Waals surface area (Å²) in [6.07, 6.45) is 2.74. The van der Waals surface area contributed by atoms with E-state index in [0.29, 0.717) is 12.5 Å². The lowest BCUT2D eigenvalue weighted by Gasteiger charge is -2.26. The monoisotopic (exact) mass is 257 g/mol. The minimum Gasteiger partial charge on any atom is -0.396 e. The Morgan fingerprint density at radius 3 is 2.22 bits per heavy atom. The molecule has 18 heavy (non-hydrogen) atoms. The maximum Gasteiger partial charge on any atom is 0.225 e. The van der Waals surface area contributed by atoms with Crippen LogP contribution in [0.2, 0.25) is 0 Å². The predicted molar refractivity (Wildman–Crippen MR) is 76.3 cm³/mol. The predicted octanol–water partition coefficient (Wildman–Crippen LogP) is 2.97. The van der Waals surface area contributed by atoms with Crippen LogP contribution in [0.1, 0.15) is 60.8 Å². The fourth-order valence-electron chi connectivity index (χ4n) is 2.20. The van der Waals surface area contributed by atoms with Crippen molar-refractivity contribution < 1.29 is 9.90 Å². The summed E-state index contributed by atoms with van der Waals surface area (Å²) in [5, 5.41) is 12.1. The number of aliphatic hydroxyl groups excluding tert-OH is 1. The molecule has 1 amide bonds. The lowest BCUT2D eigenvalue weighted by Crippen LogP contribution is -2.38. The van der Waals surface area contributed by atoms with E-state index in [4.69, 9.17) is 5.11 Å². The Labute approximate surface area is 112 Å². The van der Waals surface area contributed by atoms with Crippen LogP contribution >= 0.6 is 0 Å². The van der Waals surface area contributed by atoms with E-state index in [1.165, 1.54) is 0 Å². The highest BCUT2D eigenvalue weighted by atomic mass is 16.3. The molecule has 0 bridgehead atoms. The van der Waals surface area contributed by atoms with Crippen LogP contribution < -0.4 is 5.32 Å². The molecule has 0 saturated heterocycles. The number of hydrogen-bond donors (Lipinski definition) is 2. The molecule has 2 N–H and O–H groups in total. The van der Waals surface area contributed by atoms with Crippen molar-refractivity contribution in [2.45, 2.75) is 60.8 Å². The molecule has 0 aliphatic heterocycles. The number of amides is 1. The summed E-state index contributed by atoms with van der Waals surface area (Å²) in [7, 11) is 0. The molecule has 0 aromatic rings. The highest BCUT2D eigenvalue weighted by Gasteiger charge is 2.28. The second-order valence-electron chi connectivity index (χ2n) is 7.16. The first-order chi connectivity index (χ1) is 8.10. The average molecular weight is 257 g/mol. The van der Waals surface area contributed by atoms with Crippen molar-refractivity contribution >= 4 is 5.91 Å². The number of nitrogens with one attached hydrogen (secondary N) is 1. The molecule has 0 aliphatic carbocycles. The van der Waals surface area contributed by atoms with Crippen molar-refractivity contribution in [2.24, 2.45) is 16.7 Å². The van der Waals surface area contributed by atoms with Gasteiger partial charge in [0.25, 0.3) is 0 Å². The quantitative estimate of drug-likeness (QED) is 0.657. The minimum absolute atomic E-state index is 0.0435. The van der Waals surface area contributed by atoms with E-state index < -0.39 is 0 Å². The SMILES string of the molecule is CC(C)CC(C)(C)C(=O)NCCCC(C)(C)CO. The number of aliphatic hydroxyl groups is 1. The van der Waals surface area contributed by atoms with Gasteiger partial charge in [-0.25, -0.2) is 0 Å². The van der Waals surface area contributed by atoms with Crippen LogP contribution in [-0.4, -0.2) is 24.2 Å². The van der Waals surface area contributed by atoms with Crippen molar-refractivity contribution in [3.05, 3.63) is 0 Å². The molecule has 0 unspecified atom stereocenters. The van der Waals surface area contributed by atoms with E-state index in [0.717, 1.165) is 19.3 Å². The fraction of sp³-hybridized carbons (Fsp3) is 0.933. The third-order valence-corrected chi connectivity index (χ3v) is 3.28. The highest BCUT2D eigenvalue weighted by molar-refractivity contribution is 5.81. The van der Waals surface area contributed by atoms with Crippen LogP contribution in [0.15, 0.2) is 0 Å². The molecule has 0 atom stereocenters. The molecule has 0 aliphatic rings. The first kappa shape index (κ1) is 17.4. The number of rotatable bonds is 8. The minimum atomic E-state index is -0.291. The van der Waals surface area contributed by atoms with E-state index in [2.05, 4.69) is 19.2 Å². The Bertz CT molecular complexity index is 257. The second-order valence-corrected chi connectivity index (χ2v) is 7.16. The molecule has 0 aromatic heterocycles. The van der Waals surface area contributed by atoms with Crippen LogP contribution in [0, 0.1) is 16.7 Å². The van der Waals surface area contributed by atoms with Crippen molar-refractivity contribution in [1.29, 1.82) is 0 Å². The van der Waals surface area contributed by atoms with Crippen LogP contribution in [0.3, 0.4) is 0 Å². The van der Waals surface area contributed by atoms with Crippen molar-refractivity contribution in [2.75, 3.05) is 13.2 Å². The van der Waals surface area contributed by atoms with E-state index in [9.17, 15) is 4.79 Å². The van der Waals surface area contributed by atoms with Gasteiger partial charge in [0, 0.05) is 18.6 Å². The van der Waals surface area contributed by atoms with Gasteiger partial charge < -0.3 is 10.4 Å². The second kappa shape index (κ2) is 7.13. The Kier molecular flexibility index (Phi) is 6.90. The molecule has 0 heterocycles. The largest absolute Gasteiger partial charge is 0.396 e. The molecule has 3 nitrogen and oxygen atoms in total. The summed E-state index contributed by atoms with van der Waals surface area (Å²) in [6, 6.07) is 0. The molecular formula is C15H31NO2.